The summed E-state index contributed by atoms with van der Waals surface area (Å²) in [5, 5.41) is 17.7. The lowest BCUT2D eigenvalue weighted by atomic mass is 10.0. The standard InChI is InChI=1S/C27H21ClF4N8/c1-14(9-29)40-13-23(38-39-40)25(15-2-4-17(30)5-3-15)36-18-6-20-24(37-19-8-22(31)27(32)35-12-19)16(10-33)11-34-26(20)21(28)7-18/h2-8,11-14,25,36,38-39H,9H2,1H3,(H,34,37)/t14-,25?/m0/s1/i25D. The van der Waals surface area contributed by atoms with Gasteiger partial charge in [-0.3, -0.25) is 9.99 Å². The maximum Gasteiger partial charge on any atom is 0.249 e. The van der Waals surface area contributed by atoms with E-state index >= 15 is 0 Å². The van der Waals surface area contributed by atoms with Crippen LogP contribution in [0.3, 0.4) is 0 Å². The summed E-state index contributed by atoms with van der Waals surface area (Å²) in [6.07, 6.45) is 3.87. The van der Waals surface area contributed by atoms with Gasteiger partial charge in [0.2, 0.25) is 5.95 Å². The summed E-state index contributed by atoms with van der Waals surface area (Å²) in [7, 11) is 0. The summed E-state index contributed by atoms with van der Waals surface area (Å²) in [6, 6.07) is 8.93. The van der Waals surface area contributed by atoms with Gasteiger partial charge in [0.05, 0.1) is 52.8 Å². The molecule has 8 nitrogen and oxygen atoms in total. The number of hydrogen-bond acceptors (Lipinski definition) is 8. The predicted molar refractivity (Wildman–Crippen MR) is 143 cm³/mol. The number of hydrazine groups is 2. The number of halogens is 5. The second-order valence-electron chi connectivity index (χ2n) is 8.83. The van der Waals surface area contributed by atoms with Gasteiger partial charge in [0.25, 0.3) is 0 Å². The Balaban J connectivity index is 1.63. The summed E-state index contributed by atoms with van der Waals surface area (Å²) in [5.41, 5.74) is 7.18. The number of pyridine rings is 2. The summed E-state index contributed by atoms with van der Waals surface area (Å²) in [5.74, 6) is -2.96. The van der Waals surface area contributed by atoms with Crippen LogP contribution in [-0.2, 0) is 0 Å². The summed E-state index contributed by atoms with van der Waals surface area (Å²) < 4.78 is 63.8. The zero-order valence-electron chi connectivity index (χ0n) is 21.7. The molecule has 0 radical (unpaired) electrons. The molecule has 204 valence electrons. The van der Waals surface area contributed by atoms with Crippen LogP contribution in [0.25, 0.3) is 10.9 Å². The number of hydrogen-bond donors (Lipinski definition) is 4. The molecule has 0 amide bonds. The van der Waals surface area contributed by atoms with Crippen molar-refractivity contribution in [2.24, 2.45) is 0 Å². The van der Waals surface area contributed by atoms with Gasteiger partial charge in [0, 0.05) is 29.5 Å². The molecule has 40 heavy (non-hydrogen) atoms. The molecular formula is C27H21ClF4N8. The van der Waals surface area contributed by atoms with E-state index in [9.17, 15) is 24.2 Å². The van der Waals surface area contributed by atoms with E-state index in [4.69, 9.17) is 11.6 Å². The van der Waals surface area contributed by atoms with Crippen molar-refractivity contribution in [3.8, 4) is 6.07 Å². The van der Waals surface area contributed by atoms with E-state index in [0.29, 0.717) is 16.6 Å². The quantitative estimate of drug-likeness (QED) is 0.152. The maximum atomic E-state index is 13.9. The van der Waals surface area contributed by atoms with Crippen LogP contribution in [0.5, 0.6) is 0 Å². The Kier molecular flexibility index (Phi) is 7.22. The molecule has 1 aliphatic rings. The molecule has 1 aliphatic heterocycles. The van der Waals surface area contributed by atoms with Crippen molar-refractivity contribution in [2.75, 3.05) is 17.3 Å². The molecule has 0 aliphatic carbocycles. The molecule has 0 bridgehead atoms. The van der Waals surface area contributed by atoms with Gasteiger partial charge >= 0.3 is 0 Å². The van der Waals surface area contributed by atoms with Crippen molar-refractivity contribution in [2.45, 2.75) is 19.0 Å². The molecule has 13 heteroatoms. The first-order valence-electron chi connectivity index (χ1n) is 12.4. The Labute approximate surface area is 232 Å². The Morgan fingerprint density at radius 2 is 1.90 bits per heavy atom. The van der Waals surface area contributed by atoms with Gasteiger partial charge in [-0.25, -0.2) is 18.2 Å². The smallest absolute Gasteiger partial charge is 0.249 e. The van der Waals surface area contributed by atoms with Gasteiger partial charge in [-0.05, 0) is 36.8 Å². The van der Waals surface area contributed by atoms with Crippen molar-refractivity contribution in [3.63, 3.8) is 0 Å². The lowest BCUT2D eigenvalue weighted by molar-refractivity contribution is 0.178. The Bertz CT molecular complexity index is 1700. The van der Waals surface area contributed by atoms with Crippen LogP contribution in [-0.4, -0.2) is 27.7 Å². The van der Waals surface area contributed by atoms with Gasteiger partial charge in [0.1, 0.15) is 18.6 Å². The van der Waals surface area contributed by atoms with E-state index in [1.165, 1.54) is 47.7 Å². The molecule has 3 heterocycles. The van der Waals surface area contributed by atoms with E-state index in [-0.39, 0.29) is 33.2 Å². The van der Waals surface area contributed by atoms with Crippen LogP contribution in [0.4, 0.5) is 34.6 Å². The average Bonchev–Trinajstić information content (AvgIpc) is 3.46. The fraction of sp³-hybridized carbons (Fsp3) is 0.148. The van der Waals surface area contributed by atoms with E-state index in [2.05, 4.69) is 31.6 Å². The van der Waals surface area contributed by atoms with Crippen molar-refractivity contribution in [1.82, 2.24) is 25.9 Å². The highest BCUT2D eigenvalue weighted by molar-refractivity contribution is 6.36. The molecule has 4 N–H and O–H groups in total. The molecule has 5 rings (SSSR count). The lowest BCUT2D eigenvalue weighted by Crippen LogP contribution is -2.43. The number of nitriles is 1. The van der Waals surface area contributed by atoms with Crippen LogP contribution in [0.15, 0.2) is 66.8 Å². The van der Waals surface area contributed by atoms with E-state index < -0.39 is 36.3 Å². The van der Waals surface area contributed by atoms with E-state index in [0.717, 1.165) is 12.3 Å². The zero-order valence-corrected chi connectivity index (χ0v) is 21.5. The lowest BCUT2D eigenvalue weighted by Gasteiger charge is -2.22. The number of alkyl halides is 1. The third kappa shape index (κ3) is 5.42. The predicted octanol–water partition coefficient (Wildman–Crippen LogP) is 5.99. The first kappa shape index (κ1) is 25.7. The molecule has 1 unspecified atom stereocenters. The molecule has 2 aromatic carbocycles. The Morgan fingerprint density at radius 1 is 1.12 bits per heavy atom. The van der Waals surface area contributed by atoms with Crippen molar-refractivity contribution < 1.29 is 18.9 Å². The van der Waals surface area contributed by atoms with Crippen LogP contribution >= 0.6 is 11.6 Å². The van der Waals surface area contributed by atoms with Crippen LogP contribution in [0.2, 0.25) is 5.02 Å². The molecule has 0 saturated carbocycles. The minimum Gasteiger partial charge on any atom is -0.373 e. The molecule has 4 aromatic rings. The second kappa shape index (κ2) is 11.3. The number of aromatic nitrogens is 2. The number of fused-ring (bicyclic) bond motifs is 1. The van der Waals surface area contributed by atoms with Crippen molar-refractivity contribution >= 4 is 39.6 Å². The SMILES string of the molecule is [2H]C(Nc1cc(Cl)c2ncc(C#N)c(Nc3cnc(F)c(F)c3)c2c1)(C1=CN([C@@H](C)CF)NN1)c1ccc(F)cc1. The minimum atomic E-state index is -1.78. The normalized spacial score (nSPS) is 15.5. The van der Waals surface area contributed by atoms with E-state index in [1.807, 2.05) is 6.07 Å². The maximum absolute atomic E-state index is 13.9. The average molecular weight is 570 g/mol. The van der Waals surface area contributed by atoms with Gasteiger partial charge in [-0.15, -0.1) is 5.53 Å². The summed E-state index contributed by atoms with van der Waals surface area (Å²) in [4.78, 5) is 7.63. The topological polar surface area (TPSA) is 101 Å². The highest BCUT2D eigenvalue weighted by Crippen LogP contribution is 2.37. The van der Waals surface area contributed by atoms with Crippen LogP contribution in [0, 0.1) is 28.9 Å². The first-order chi connectivity index (χ1) is 19.6. The van der Waals surface area contributed by atoms with Crippen molar-refractivity contribution in [3.05, 3.63) is 100 Å². The Morgan fingerprint density at radius 3 is 2.60 bits per heavy atom. The first-order valence-corrected chi connectivity index (χ1v) is 12.2. The monoisotopic (exact) mass is 569 g/mol. The number of benzene rings is 2. The van der Waals surface area contributed by atoms with Gasteiger partial charge in [0.15, 0.2) is 5.82 Å². The van der Waals surface area contributed by atoms with Gasteiger partial charge < -0.3 is 16.1 Å². The second-order valence-corrected chi connectivity index (χ2v) is 9.24. The number of rotatable bonds is 8. The molecular weight excluding hydrogens is 548 g/mol. The number of nitrogens with one attached hydrogen (secondary N) is 4. The fourth-order valence-corrected chi connectivity index (χ4v) is 4.28. The number of anilines is 3. The molecule has 2 atom stereocenters. The Hall–Kier alpha value is -4.60. The highest BCUT2D eigenvalue weighted by Gasteiger charge is 2.25. The fourth-order valence-electron chi connectivity index (χ4n) is 4.01. The third-order valence-electron chi connectivity index (χ3n) is 6.07. The zero-order chi connectivity index (χ0) is 29.3. The van der Waals surface area contributed by atoms with E-state index in [1.54, 1.807) is 13.0 Å². The molecule has 0 saturated heterocycles. The van der Waals surface area contributed by atoms with Crippen LogP contribution < -0.4 is 21.6 Å². The number of nitrogens with zero attached hydrogens (tertiary/aromatic N) is 4. The highest BCUT2D eigenvalue weighted by atomic mass is 35.5. The summed E-state index contributed by atoms with van der Waals surface area (Å²) >= 11 is 6.58. The molecule has 0 fully saturated rings. The van der Waals surface area contributed by atoms with Crippen LogP contribution in [0.1, 0.15) is 25.4 Å². The van der Waals surface area contributed by atoms with Gasteiger partial charge in [-0.1, -0.05) is 23.7 Å². The molecule has 0 spiro atoms. The summed E-state index contributed by atoms with van der Waals surface area (Å²) in [6.45, 7) is 0.982. The largest absolute Gasteiger partial charge is 0.373 e. The minimum absolute atomic E-state index is 0.0667. The van der Waals surface area contributed by atoms with Gasteiger partial charge in [-0.2, -0.15) is 9.65 Å². The van der Waals surface area contributed by atoms with Crippen molar-refractivity contribution in [1.29, 1.82) is 5.26 Å². The third-order valence-corrected chi connectivity index (χ3v) is 6.36. The molecule has 2 aromatic heterocycles.